The lowest BCUT2D eigenvalue weighted by atomic mass is 10.2. The molecule has 0 aliphatic carbocycles. The molecule has 4 heteroatoms. The van der Waals surface area contributed by atoms with Gasteiger partial charge in [0, 0.05) is 35.6 Å². The summed E-state index contributed by atoms with van der Waals surface area (Å²) in [7, 11) is 0. The summed E-state index contributed by atoms with van der Waals surface area (Å²) in [5.74, 6) is 0.955. The average molecular weight is 269 g/mol. The first-order chi connectivity index (χ1) is 8.76. The van der Waals surface area contributed by atoms with Crippen LogP contribution in [-0.4, -0.2) is 35.2 Å². The van der Waals surface area contributed by atoms with Gasteiger partial charge in [0.1, 0.15) is 0 Å². The van der Waals surface area contributed by atoms with E-state index in [0.29, 0.717) is 6.04 Å². The minimum Gasteiger partial charge on any atom is -0.396 e. The quantitative estimate of drug-likeness (QED) is 0.476. The highest BCUT2D eigenvalue weighted by molar-refractivity contribution is 7.99. The van der Waals surface area contributed by atoms with Crippen LogP contribution in [0.1, 0.15) is 26.2 Å². The van der Waals surface area contributed by atoms with Gasteiger partial charge < -0.3 is 15.5 Å². The molecule has 0 fully saturated rings. The van der Waals surface area contributed by atoms with Crippen molar-refractivity contribution in [1.82, 2.24) is 0 Å². The van der Waals surface area contributed by atoms with Crippen molar-refractivity contribution in [3.05, 3.63) is 24.3 Å². The van der Waals surface area contributed by atoms with Crippen molar-refractivity contribution < 1.29 is 10.2 Å². The molecule has 0 saturated heterocycles. The Labute approximate surface area is 114 Å². The summed E-state index contributed by atoms with van der Waals surface area (Å²) >= 11 is 1.77. The number of nitrogens with one attached hydrogen (secondary N) is 1. The van der Waals surface area contributed by atoms with Gasteiger partial charge in [-0.15, -0.1) is 11.8 Å². The lowest BCUT2D eigenvalue weighted by Gasteiger charge is -2.14. The van der Waals surface area contributed by atoms with Crippen LogP contribution in [0.25, 0.3) is 0 Å². The van der Waals surface area contributed by atoms with Crippen molar-refractivity contribution in [3.63, 3.8) is 0 Å². The van der Waals surface area contributed by atoms with Crippen LogP contribution in [0.15, 0.2) is 29.2 Å². The Morgan fingerprint density at radius 2 is 1.78 bits per heavy atom. The van der Waals surface area contributed by atoms with E-state index in [-0.39, 0.29) is 13.2 Å². The fourth-order valence-corrected chi connectivity index (χ4v) is 2.49. The molecule has 0 aliphatic heterocycles. The van der Waals surface area contributed by atoms with Crippen LogP contribution in [0.4, 0.5) is 5.69 Å². The predicted octanol–water partition coefficient (Wildman–Crippen LogP) is 2.73. The highest BCUT2D eigenvalue weighted by Gasteiger charge is 2.01. The molecule has 1 unspecified atom stereocenters. The van der Waals surface area contributed by atoms with Gasteiger partial charge >= 0.3 is 0 Å². The first-order valence-electron chi connectivity index (χ1n) is 6.47. The molecule has 0 aromatic heterocycles. The highest BCUT2D eigenvalue weighted by atomic mass is 32.2. The minimum absolute atomic E-state index is 0.256. The van der Waals surface area contributed by atoms with Crippen molar-refractivity contribution in [2.75, 3.05) is 24.3 Å². The third kappa shape index (κ3) is 6.28. The summed E-state index contributed by atoms with van der Waals surface area (Å²) in [6, 6.07) is 8.74. The fraction of sp³-hybridized carbons (Fsp3) is 0.571. The van der Waals surface area contributed by atoms with E-state index in [9.17, 15) is 0 Å². The van der Waals surface area contributed by atoms with Crippen molar-refractivity contribution >= 4 is 17.4 Å². The first-order valence-corrected chi connectivity index (χ1v) is 7.46. The molecule has 3 N–H and O–H groups in total. The Morgan fingerprint density at radius 1 is 1.11 bits per heavy atom. The Hall–Kier alpha value is -0.710. The maximum atomic E-state index is 8.77. The SMILES string of the molecule is CC(CCCO)Nc1ccc(SCCCO)cc1. The standard InChI is InChI=1S/C14H23NO2S/c1-12(4-2-9-16)15-13-5-7-14(8-6-13)18-11-3-10-17/h5-8,12,15-17H,2-4,9-11H2,1H3. The topological polar surface area (TPSA) is 52.5 Å². The molecule has 18 heavy (non-hydrogen) atoms. The lowest BCUT2D eigenvalue weighted by molar-refractivity contribution is 0.282. The maximum Gasteiger partial charge on any atom is 0.0439 e. The lowest BCUT2D eigenvalue weighted by Crippen LogP contribution is -2.15. The molecule has 0 amide bonds. The number of rotatable bonds is 9. The van der Waals surface area contributed by atoms with Gasteiger partial charge in [0.2, 0.25) is 0 Å². The van der Waals surface area contributed by atoms with Gasteiger partial charge in [-0.2, -0.15) is 0 Å². The molecule has 0 spiro atoms. The van der Waals surface area contributed by atoms with Crippen molar-refractivity contribution in [2.45, 2.75) is 37.1 Å². The van der Waals surface area contributed by atoms with Crippen molar-refractivity contribution in [2.24, 2.45) is 0 Å². The molecule has 102 valence electrons. The van der Waals surface area contributed by atoms with E-state index in [1.807, 2.05) is 0 Å². The van der Waals surface area contributed by atoms with Crippen LogP contribution in [0.2, 0.25) is 0 Å². The Morgan fingerprint density at radius 3 is 2.39 bits per heavy atom. The first kappa shape index (κ1) is 15.3. The van der Waals surface area contributed by atoms with Gasteiger partial charge in [0.15, 0.2) is 0 Å². The molecule has 1 atom stereocenters. The van der Waals surface area contributed by atoms with E-state index in [4.69, 9.17) is 10.2 Å². The van der Waals surface area contributed by atoms with E-state index in [0.717, 1.165) is 30.7 Å². The van der Waals surface area contributed by atoms with Crippen LogP contribution in [0.5, 0.6) is 0 Å². The smallest absolute Gasteiger partial charge is 0.0439 e. The summed E-state index contributed by atoms with van der Waals surface area (Å²) in [6.07, 6.45) is 2.65. The van der Waals surface area contributed by atoms with Gasteiger partial charge in [-0.05, 0) is 50.5 Å². The predicted molar refractivity (Wildman–Crippen MR) is 78.3 cm³/mol. The third-order valence-electron chi connectivity index (χ3n) is 2.63. The molecule has 0 saturated carbocycles. The Kier molecular flexibility index (Phi) is 7.89. The normalized spacial score (nSPS) is 12.4. The Bertz CT molecular complexity index is 316. The summed E-state index contributed by atoms with van der Waals surface area (Å²) in [5.41, 5.74) is 1.12. The maximum absolute atomic E-state index is 8.77. The summed E-state index contributed by atoms with van der Waals surface area (Å²) in [6.45, 7) is 2.64. The number of thioether (sulfide) groups is 1. The van der Waals surface area contributed by atoms with E-state index in [2.05, 4.69) is 36.5 Å². The second kappa shape index (κ2) is 9.25. The monoisotopic (exact) mass is 269 g/mol. The van der Waals surface area contributed by atoms with Crippen LogP contribution >= 0.6 is 11.8 Å². The average Bonchev–Trinajstić information content (AvgIpc) is 2.39. The summed E-state index contributed by atoms with van der Waals surface area (Å²) < 4.78 is 0. The third-order valence-corrected chi connectivity index (χ3v) is 3.73. The zero-order valence-electron chi connectivity index (χ0n) is 10.9. The van der Waals surface area contributed by atoms with E-state index >= 15 is 0 Å². The molecule has 0 radical (unpaired) electrons. The van der Waals surface area contributed by atoms with Crippen LogP contribution in [-0.2, 0) is 0 Å². The van der Waals surface area contributed by atoms with Crippen LogP contribution in [0, 0.1) is 0 Å². The fourth-order valence-electron chi connectivity index (χ4n) is 1.66. The largest absolute Gasteiger partial charge is 0.396 e. The number of anilines is 1. The number of hydrogen-bond acceptors (Lipinski definition) is 4. The van der Waals surface area contributed by atoms with E-state index < -0.39 is 0 Å². The van der Waals surface area contributed by atoms with Crippen LogP contribution < -0.4 is 5.32 Å². The van der Waals surface area contributed by atoms with Gasteiger partial charge in [-0.3, -0.25) is 0 Å². The van der Waals surface area contributed by atoms with E-state index in [1.54, 1.807) is 11.8 Å². The molecule has 1 aromatic carbocycles. The number of aliphatic hydroxyl groups excluding tert-OH is 2. The van der Waals surface area contributed by atoms with Crippen molar-refractivity contribution in [1.29, 1.82) is 0 Å². The number of aliphatic hydroxyl groups is 2. The van der Waals surface area contributed by atoms with Gasteiger partial charge in [0.25, 0.3) is 0 Å². The molecule has 0 bridgehead atoms. The molecular weight excluding hydrogens is 246 g/mol. The zero-order chi connectivity index (χ0) is 13.2. The minimum atomic E-state index is 0.256. The number of hydrogen-bond donors (Lipinski definition) is 3. The van der Waals surface area contributed by atoms with E-state index in [1.165, 1.54) is 4.90 Å². The molecule has 0 aliphatic rings. The zero-order valence-corrected chi connectivity index (χ0v) is 11.7. The number of benzene rings is 1. The molecule has 1 aromatic rings. The molecular formula is C14H23NO2S. The van der Waals surface area contributed by atoms with Gasteiger partial charge in [-0.1, -0.05) is 0 Å². The molecule has 1 rings (SSSR count). The second-order valence-electron chi connectivity index (χ2n) is 4.36. The molecule has 0 heterocycles. The summed E-state index contributed by atoms with van der Waals surface area (Å²) in [5, 5.41) is 20.9. The molecule has 3 nitrogen and oxygen atoms in total. The van der Waals surface area contributed by atoms with Gasteiger partial charge in [0.05, 0.1) is 0 Å². The Balaban J connectivity index is 2.35. The van der Waals surface area contributed by atoms with Crippen molar-refractivity contribution in [3.8, 4) is 0 Å². The van der Waals surface area contributed by atoms with Crippen LogP contribution in [0.3, 0.4) is 0 Å². The second-order valence-corrected chi connectivity index (χ2v) is 5.53. The summed E-state index contributed by atoms with van der Waals surface area (Å²) in [4.78, 5) is 1.23. The highest BCUT2D eigenvalue weighted by Crippen LogP contribution is 2.21. The van der Waals surface area contributed by atoms with Gasteiger partial charge in [-0.25, -0.2) is 0 Å².